The lowest BCUT2D eigenvalue weighted by Crippen LogP contribution is -2.21. The fraction of sp³-hybridized carbons (Fsp3) is 0.233. The van der Waals surface area contributed by atoms with Crippen molar-refractivity contribution in [3.63, 3.8) is 0 Å². The molecule has 0 radical (unpaired) electrons. The molecule has 6 heteroatoms. The van der Waals surface area contributed by atoms with Gasteiger partial charge in [0, 0.05) is 77.9 Å². The molecular formula is C86H76O6. The Labute approximate surface area is 543 Å². The van der Waals surface area contributed by atoms with Crippen LogP contribution >= 0.6 is 0 Å². The van der Waals surface area contributed by atoms with Crippen LogP contribution in [0.25, 0.3) is 43.8 Å². The van der Waals surface area contributed by atoms with Crippen LogP contribution in [0, 0.1) is 103 Å². The minimum absolute atomic E-state index is 0.200. The van der Waals surface area contributed by atoms with Crippen LogP contribution in [0.15, 0.2) is 133 Å². The number of fused-ring (bicyclic) bond motifs is 4. The molecule has 0 heterocycles. The van der Waals surface area contributed by atoms with Crippen LogP contribution in [0.5, 0.6) is 23.0 Å². The lowest BCUT2D eigenvalue weighted by molar-refractivity contribution is 0.0979. The second-order valence-corrected chi connectivity index (χ2v) is 26.5. The minimum atomic E-state index is -0.247. The predicted molar refractivity (Wildman–Crippen MR) is 377 cm³/mol. The SMILES string of the molecule is COc1cc(C)c(C#Cc2cc(C(C)(C)C)cc(C#Cc3c(C)cc(OC)cc3C)c2-c2ccc3cc4c(cc3c2)C(=O)c2cc3cc(-c5c(C#Cc6c(C)cc(OC)cc6C)cc(C(C)(C)C)cc5C#Cc5c(C)cc(OC)cc5C)ccc3cc2C4=O)c(C)c1. The van der Waals surface area contributed by atoms with Gasteiger partial charge in [-0.25, -0.2) is 0 Å². The monoisotopic (exact) mass is 1200 g/mol. The molecule has 0 spiro atoms. The fourth-order valence-corrected chi connectivity index (χ4v) is 12.6. The summed E-state index contributed by atoms with van der Waals surface area (Å²) in [7, 11) is 6.71. The molecule has 0 N–H and O–H groups in total. The van der Waals surface area contributed by atoms with Crippen LogP contribution in [0.2, 0.25) is 0 Å². The average Bonchev–Trinajstić information content (AvgIpc) is 0.761. The number of carbonyl (C=O) groups is 2. The van der Waals surface area contributed by atoms with Crippen LogP contribution in [-0.2, 0) is 10.8 Å². The van der Waals surface area contributed by atoms with Crippen molar-refractivity contribution in [3.8, 4) is 92.6 Å². The number of rotatable bonds is 6. The number of carbonyl (C=O) groups excluding carboxylic acids is 2. The van der Waals surface area contributed by atoms with E-state index in [0.29, 0.717) is 22.3 Å². The zero-order chi connectivity index (χ0) is 65.8. The summed E-state index contributed by atoms with van der Waals surface area (Å²) < 4.78 is 22.5. The van der Waals surface area contributed by atoms with Crippen LogP contribution < -0.4 is 18.9 Å². The lowest BCUT2D eigenvalue weighted by atomic mass is 9.80. The number of ketones is 2. The Morgan fingerprint density at radius 2 is 0.511 bits per heavy atom. The molecule has 0 saturated carbocycles. The van der Waals surface area contributed by atoms with Crippen molar-refractivity contribution < 1.29 is 28.5 Å². The first-order chi connectivity index (χ1) is 43.7. The minimum Gasteiger partial charge on any atom is -0.497 e. The molecule has 1 aliphatic rings. The van der Waals surface area contributed by atoms with E-state index in [-0.39, 0.29) is 22.4 Å². The molecule has 10 aromatic rings. The summed E-state index contributed by atoms with van der Waals surface area (Å²) in [5.74, 6) is 31.6. The summed E-state index contributed by atoms with van der Waals surface area (Å²) in [4.78, 5) is 30.3. The van der Waals surface area contributed by atoms with Gasteiger partial charge in [0.25, 0.3) is 0 Å². The third-order valence-electron chi connectivity index (χ3n) is 17.8. The smallest absolute Gasteiger partial charge is 0.194 e. The van der Waals surface area contributed by atoms with E-state index in [2.05, 4.69) is 193 Å². The van der Waals surface area contributed by atoms with Crippen molar-refractivity contribution in [1.82, 2.24) is 0 Å². The molecule has 0 atom stereocenters. The van der Waals surface area contributed by atoms with Crippen LogP contribution in [0.3, 0.4) is 0 Å². The summed E-state index contributed by atoms with van der Waals surface area (Å²) in [6.45, 7) is 29.7. The second kappa shape index (κ2) is 24.7. The number of methoxy groups -OCH3 is 4. The van der Waals surface area contributed by atoms with Crippen LogP contribution in [0.1, 0.15) is 174 Å². The topological polar surface area (TPSA) is 71.1 Å². The lowest BCUT2D eigenvalue weighted by Gasteiger charge is -2.22. The molecule has 6 nitrogen and oxygen atoms in total. The molecule has 0 saturated heterocycles. The first-order valence-electron chi connectivity index (χ1n) is 31.1. The highest BCUT2D eigenvalue weighted by molar-refractivity contribution is 6.30. The molecule has 92 heavy (non-hydrogen) atoms. The van der Waals surface area contributed by atoms with E-state index in [1.165, 1.54) is 0 Å². The van der Waals surface area contributed by atoms with Gasteiger partial charge in [0.05, 0.1) is 28.4 Å². The highest BCUT2D eigenvalue weighted by atomic mass is 16.5. The normalized spacial score (nSPS) is 11.7. The van der Waals surface area contributed by atoms with E-state index in [1.54, 1.807) is 28.4 Å². The van der Waals surface area contributed by atoms with Crippen LogP contribution in [0.4, 0.5) is 0 Å². The van der Waals surface area contributed by atoms with E-state index in [4.69, 9.17) is 18.9 Å². The first-order valence-corrected chi connectivity index (χ1v) is 31.1. The van der Waals surface area contributed by atoms with E-state index < -0.39 is 0 Å². The van der Waals surface area contributed by atoms with Gasteiger partial charge < -0.3 is 18.9 Å². The maximum absolute atomic E-state index is 15.3. The third-order valence-corrected chi connectivity index (χ3v) is 17.8. The maximum Gasteiger partial charge on any atom is 0.194 e. The maximum atomic E-state index is 15.3. The number of ether oxygens (including phenoxy) is 4. The highest BCUT2D eigenvalue weighted by Gasteiger charge is 2.32. The molecule has 0 bridgehead atoms. The molecule has 0 amide bonds. The van der Waals surface area contributed by atoms with Gasteiger partial charge in [0.2, 0.25) is 0 Å². The zero-order valence-electron chi connectivity index (χ0n) is 56.2. The van der Waals surface area contributed by atoms with E-state index in [9.17, 15) is 4.79 Å². The van der Waals surface area contributed by atoms with Crippen molar-refractivity contribution in [2.75, 3.05) is 28.4 Å². The number of aryl methyl sites for hydroxylation is 8. The summed E-state index contributed by atoms with van der Waals surface area (Å²) in [6, 6.07) is 44.8. The van der Waals surface area contributed by atoms with Crippen molar-refractivity contribution >= 4 is 33.1 Å². The van der Waals surface area contributed by atoms with Gasteiger partial charge in [-0.15, -0.1) is 0 Å². The molecule has 11 rings (SSSR count). The number of hydrogen-bond donors (Lipinski definition) is 0. The summed E-state index contributed by atoms with van der Waals surface area (Å²) in [5, 5.41) is 3.26. The first kappa shape index (κ1) is 63.1. The summed E-state index contributed by atoms with van der Waals surface area (Å²) in [6.07, 6.45) is 0. The van der Waals surface area contributed by atoms with Crippen molar-refractivity contribution in [1.29, 1.82) is 0 Å². The Balaban J connectivity index is 1.07. The van der Waals surface area contributed by atoms with Gasteiger partial charge >= 0.3 is 0 Å². The fourth-order valence-electron chi connectivity index (χ4n) is 12.6. The second-order valence-electron chi connectivity index (χ2n) is 26.5. The molecule has 0 aliphatic heterocycles. The van der Waals surface area contributed by atoms with E-state index in [0.717, 1.165) is 167 Å². The zero-order valence-corrected chi connectivity index (χ0v) is 56.2. The molecule has 0 aromatic heterocycles. The third kappa shape index (κ3) is 12.3. The Morgan fingerprint density at radius 3 is 0.728 bits per heavy atom. The van der Waals surface area contributed by atoms with Gasteiger partial charge in [-0.2, -0.15) is 0 Å². The van der Waals surface area contributed by atoms with Gasteiger partial charge in [0.1, 0.15) is 23.0 Å². The Bertz CT molecular complexity index is 4470. The molecule has 0 unspecified atom stereocenters. The predicted octanol–water partition coefficient (Wildman–Crippen LogP) is 18.8. The highest BCUT2D eigenvalue weighted by Crippen LogP contribution is 2.41. The van der Waals surface area contributed by atoms with Gasteiger partial charge in [-0.1, -0.05) is 113 Å². The van der Waals surface area contributed by atoms with Gasteiger partial charge in [-0.05, 0) is 264 Å². The average molecular weight is 1210 g/mol. The number of benzene rings is 10. The molecule has 10 aromatic carbocycles. The van der Waals surface area contributed by atoms with Crippen LogP contribution in [-0.4, -0.2) is 40.0 Å². The van der Waals surface area contributed by atoms with Crippen molar-refractivity contribution in [3.05, 3.63) is 256 Å². The molecule has 0 fully saturated rings. The van der Waals surface area contributed by atoms with Gasteiger partial charge in [-0.3, -0.25) is 9.59 Å². The van der Waals surface area contributed by atoms with Gasteiger partial charge in [0.15, 0.2) is 11.6 Å². The Hall–Kier alpha value is -10.5. The quantitative estimate of drug-likeness (QED) is 0.155. The Morgan fingerprint density at radius 1 is 0.283 bits per heavy atom. The summed E-state index contributed by atoms with van der Waals surface area (Å²) >= 11 is 0. The number of hydrogen-bond acceptors (Lipinski definition) is 6. The molecule has 456 valence electrons. The van der Waals surface area contributed by atoms with E-state index >= 15 is 4.79 Å². The Kier molecular flexibility index (Phi) is 16.9. The largest absolute Gasteiger partial charge is 0.497 e. The van der Waals surface area contributed by atoms with E-state index in [1.807, 2.05) is 84.9 Å². The molecule has 1 aliphatic carbocycles. The summed E-state index contributed by atoms with van der Waals surface area (Å²) in [5.41, 5.74) is 21.7. The molecular weight excluding hydrogens is 1130 g/mol. The van der Waals surface area contributed by atoms with Crippen molar-refractivity contribution in [2.45, 2.75) is 108 Å². The standard InChI is InChI=1S/C86H76O6/c1-49-31-69(89-15)32-50(2)73(49)27-23-61-41-67(85(9,10)11)42-62(24-28-74-51(3)33-70(90-16)34-52(74)4)81(61)59-21-19-57-45-77-79(47-65(57)39-59)84(88)80-48-66-40-60(22-20-58(66)46-78(80)83(77)87)82-63(25-29-75-53(5)35-71(91-17)36-54(75)6)43-68(86(12,13)14)44-64(82)26-30-76-55(7)37-72(92-18)38-56(76)8/h19-22,31-48H,1-18H3. The van der Waals surface area contributed by atoms with Crippen molar-refractivity contribution in [2.24, 2.45) is 0 Å².